The van der Waals surface area contributed by atoms with E-state index in [1.807, 2.05) is 12.1 Å². The fraction of sp³-hybridized carbons (Fsp3) is 0.571. The minimum atomic E-state index is 0.324. The molecule has 0 amide bonds. The van der Waals surface area contributed by atoms with Gasteiger partial charge in [-0.3, -0.25) is 0 Å². The standard InChI is InChI=1S/C14H19BrClNO/c1-2-17-14(10-4-3-5-18-9-10)11-6-12(15)8-13(16)7-11/h6-8,10,14,17H,2-5,9H2,1H3. The summed E-state index contributed by atoms with van der Waals surface area (Å²) in [5.74, 6) is 0.532. The fourth-order valence-corrected chi connectivity index (χ4v) is 3.45. The number of hydrogen-bond donors (Lipinski definition) is 1. The number of rotatable bonds is 4. The Morgan fingerprint density at radius 3 is 2.94 bits per heavy atom. The Balaban J connectivity index is 2.22. The van der Waals surface area contributed by atoms with Gasteiger partial charge in [-0.25, -0.2) is 0 Å². The summed E-state index contributed by atoms with van der Waals surface area (Å²) < 4.78 is 6.64. The van der Waals surface area contributed by atoms with Crippen LogP contribution < -0.4 is 5.32 Å². The molecular formula is C14H19BrClNO. The van der Waals surface area contributed by atoms with Crippen molar-refractivity contribution >= 4 is 27.5 Å². The lowest BCUT2D eigenvalue weighted by molar-refractivity contribution is 0.0393. The first-order valence-corrected chi connectivity index (χ1v) is 7.65. The summed E-state index contributed by atoms with van der Waals surface area (Å²) in [5.41, 5.74) is 1.24. The molecule has 1 aromatic carbocycles. The maximum atomic E-state index is 6.14. The largest absolute Gasteiger partial charge is 0.381 e. The van der Waals surface area contributed by atoms with E-state index in [9.17, 15) is 0 Å². The molecule has 0 saturated carbocycles. The molecule has 1 aliphatic heterocycles. The van der Waals surface area contributed by atoms with Crippen LogP contribution in [0.25, 0.3) is 0 Å². The molecule has 100 valence electrons. The predicted molar refractivity (Wildman–Crippen MR) is 79.1 cm³/mol. The van der Waals surface area contributed by atoms with Gasteiger partial charge in [-0.05, 0) is 43.1 Å². The second-order valence-corrected chi connectivity index (χ2v) is 6.07. The number of benzene rings is 1. The van der Waals surface area contributed by atoms with Gasteiger partial charge in [0.25, 0.3) is 0 Å². The van der Waals surface area contributed by atoms with Crippen molar-refractivity contribution in [2.45, 2.75) is 25.8 Å². The average molecular weight is 333 g/mol. The van der Waals surface area contributed by atoms with Crippen molar-refractivity contribution in [1.29, 1.82) is 0 Å². The molecule has 0 spiro atoms. The van der Waals surface area contributed by atoms with E-state index in [2.05, 4.69) is 34.2 Å². The Hall–Kier alpha value is -0.0900. The van der Waals surface area contributed by atoms with Gasteiger partial charge in [0.15, 0.2) is 0 Å². The summed E-state index contributed by atoms with van der Waals surface area (Å²) in [6.45, 7) is 4.82. The van der Waals surface area contributed by atoms with Gasteiger partial charge in [0.1, 0.15) is 0 Å². The minimum absolute atomic E-state index is 0.324. The highest BCUT2D eigenvalue weighted by atomic mass is 79.9. The van der Waals surface area contributed by atoms with Crippen molar-refractivity contribution in [1.82, 2.24) is 5.32 Å². The molecule has 0 radical (unpaired) electrons. The van der Waals surface area contributed by atoms with Crippen molar-refractivity contribution in [3.05, 3.63) is 33.3 Å². The zero-order chi connectivity index (χ0) is 13.0. The van der Waals surface area contributed by atoms with E-state index >= 15 is 0 Å². The van der Waals surface area contributed by atoms with Gasteiger partial charge in [0.2, 0.25) is 0 Å². The molecule has 2 atom stereocenters. The SMILES string of the molecule is CCNC(c1cc(Cl)cc(Br)c1)C1CCCOC1. The van der Waals surface area contributed by atoms with E-state index in [4.69, 9.17) is 16.3 Å². The van der Waals surface area contributed by atoms with Crippen LogP contribution in [-0.4, -0.2) is 19.8 Å². The smallest absolute Gasteiger partial charge is 0.0512 e. The molecule has 1 fully saturated rings. The van der Waals surface area contributed by atoms with Gasteiger partial charge in [-0.1, -0.05) is 34.5 Å². The zero-order valence-corrected chi connectivity index (χ0v) is 12.9. The van der Waals surface area contributed by atoms with E-state index in [0.717, 1.165) is 35.7 Å². The third-order valence-electron chi connectivity index (χ3n) is 3.33. The Labute approximate surface area is 122 Å². The second-order valence-electron chi connectivity index (χ2n) is 4.72. The van der Waals surface area contributed by atoms with Crippen LogP contribution >= 0.6 is 27.5 Å². The molecule has 1 N–H and O–H groups in total. The maximum Gasteiger partial charge on any atom is 0.0512 e. The highest BCUT2D eigenvalue weighted by Crippen LogP contribution is 2.32. The lowest BCUT2D eigenvalue weighted by Crippen LogP contribution is -2.33. The van der Waals surface area contributed by atoms with Gasteiger partial charge >= 0.3 is 0 Å². The van der Waals surface area contributed by atoms with Crippen LogP contribution in [0.2, 0.25) is 5.02 Å². The molecule has 0 bridgehead atoms. The first kappa shape index (κ1) is 14.3. The molecule has 2 unspecified atom stereocenters. The first-order chi connectivity index (χ1) is 8.70. The van der Waals surface area contributed by atoms with E-state index in [-0.39, 0.29) is 0 Å². The second kappa shape index (κ2) is 6.90. The summed E-state index contributed by atoms with van der Waals surface area (Å²) in [4.78, 5) is 0. The third-order valence-corrected chi connectivity index (χ3v) is 4.01. The van der Waals surface area contributed by atoms with Gasteiger partial charge in [0.05, 0.1) is 6.61 Å². The highest BCUT2D eigenvalue weighted by molar-refractivity contribution is 9.10. The molecular weight excluding hydrogens is 314 g/mol. The molecule has 2 rings (SSSR count). The Morgan fingerprint density at radius 2 is 2.33 bits per heavy atom. The lowest BCUT2D eigenvalue weighted by Gasteiger charge is -2.31. The van der Waals surface area contributed by atoms with Crippen LogP contribution in [0.4, 0.5) is 0 Å². The Kier molecular flexibility index (Phi) is 5.49. The van der Waals surface area contributed by atoms with Crippen LogP contribution in [0.15, 0.2) is 22.7 Å². The maximum absolute atomic E-state index is 6.14. The molecule has 1 saturated heterocycles. The van der Waals surface area contributed by atoms with Crippen LogP contribution in [0.1, 0.15) is 31.4 Å². The van der Waals surface area contributed by atoms with Gasteiger partial charge < -0.3 is 10.1 Å². The van der Waals surface area contributed by atoms with Crippen molar-refractivity contribution in [3.63, 3.8) is 0 Å². The van der Waals surface area contributed by atoms with Crippen LogP contribution in [-0.2, 0) is 4.74 Å². The molecule has 1 heterocycles. The summed E-state index contributed by atoms with van der Waals surface area (Å²) in [6, 6.07) is 6.44. The zero-order valence-electron chi connectivity index (χ0n) is 10.6. The summed E-state index contributed by atoms with van der Waals surface area (Å²) in [6.07, 6.45) is 2.36. The molecule has 2 nitrogen and oxygen atoms in total. The quantitative estimate of drug-likeness (QED) is 0.893. The number of halogens is 2. The minimum Gasteiger partial charge on any atom is -0.381 e. The van der Waals surface area contributed by atoms with Crippen molar-refractivity contribution in [2.75, 3.05) is 19.8 Å². The number of ether oxygens (including phenoxy) is 1. The highest BCUT2D eigenvalue weighted by Gasteiger charge is 2.25. The van der Waals surface area contributed by atoms with Gasteiger partial charge in [-0.15, -0.1) is 0 Å². The predicted octanol–water partition coefficient (Wildman–Crippen LogP) is 4.18. The van der Waals surface area contributed by atoms with E-state index in [1.165, 1.54) is 12.0 Å². The van der Waals surface area contributed by atoms with Crippen molar-refractivity contribution in [3.8, 4) is 0 Å². The number of hydrogen-bond acceptors (Lipinski definition) is 2. The normalized spacial score (nSPS) is 21.8. The third kappa shape index (κ3) is 3.70. The van der Waals surface area contributed by atoms with Crippen molar-refractivity contribution < 1.29 is 4.74 Å². The molecule has 0 aromatic heterocycles. The molecule has 4 heteroatoms. The summed E-state index contributed by atoms with van der Waals surface area (Å²) in [5, 5.41) is 4.34. The Morgan fingerprint density at radius 1 is 1.50 bits per heavy atom. The van der Waals surface area contributed by atoms with E-state index in [0.29, 0.717) is 12.0 Å². The fourth-order valence-electron chi connectivity index (χ4n) is 2.56. The van der Waals surface area contributed by atoms with Crippen LogP contribution in [0, 0.1) is 5.92 Å². The van der Waals surface area contributed by atoms with Gasteiger partial charge in [-0.2, -0.15) is 0 Å². The average Bonchev–Trinajstić information content (AvgIpc) is 2.36. The van der Waals surface area contributed by atoms with E-state index in [1.54, 1.807) is 0 Å². The van der Waals surface area contributed by atoms with E-state index < -0.39 is 0 Å². The number of nitrogens with one attached hydrogen (secondary N) is 1. The molecule has 18 heavy (non-hydrogen) atoms. The molecule has 0 aliphatic carbocycles. The van der Waals surface area contributed by atoms with Gasteiger partial charge in [0, 0.05) is 28.1 Å². The topological polar surface area (TPSA) is 21.3 Å². The Bertz CT molecular complexity index is 373. The summed E-state index contributed by atoms with van der Waals surface area (Å²) >= 11 is 9.66. The molecule has 1 aromatic rings. The molecule has 1 aliphatic rings. The monoisotopic (exact) mass is 331 g/mol. The lowest BCUT2D eigenvalue weighted by atomic mass is 9.88. The van der Waals surface area contributed by atoms with Crippen LogP contribution in [0.5, 0.6) is 0 Å². The van der Waals surface area contributed by atoms with Crippen molar-refractivity contribution in [2.24, 2.45) is 5.92 Å². The first-order valence-electron chi connectivity index (χ1n) is 6.48. The van der Waals surface area contributed by atoms with Crippen LogP contribution in [0.3, 0.4) is 0 Å². The summed E-state index contributed by atoms with van der Waals surface area (Å²) in [7, 11) is 0.